The van der Waals surface area contributed by atoms with Crippen LogP contribution in [0.4, 0.5) is 5.69 Å². The molecule has 2 aromatic carbocycles. The van der Waals surface area contributed by atoms with Crippen molar-refractivity contribution in [3.8, 4) is 5.75 Å². The molecule has 0 spiro atoms. The third kappa shape index (κ3) is 9.94. The number of halogens is 1. The van der Waals surface area contributed by atoms with E-state index in [-0.39, 0.29) is 16.3 Å². The Balaban J connectivity index is 1.56. The molecule has 2 unspecified atom stereocenters. The SMILES string of the molecule is CCCCCCCCCCCCOC(=O)c1ccc(Cl)c(NC(=O)C(C(C)=O)n2ncc3cc(OS(C)=O)ccc32)c1. The molecule has 228 valence electrons. The van der Waals surface area contributed by atoms with E-state index in [4.69, 9.17) is 20.5 Å². The largest absolute Gasteiger partial charge is 0.462 e. The summed E-state index contributed by atoms with van der Waals surface area (Å²) in [6.45, 7) is 3.83. The molecule has 0 saturated heterocycles. The second-order valence-electron chi connectivity index (χ2n) is 10.3. The number of fused-ring (bicyclic) bond motifs is 1. The summed E-state index contributed by atoms with van der Waals surface area (Å²) in [5.41, 5.74) is 0.931. The molecule has 0 aliphatic heterocycles. The molecular weight excluding hydrogens is 578 g/mol. The van der Waals surface area contributed by atoms with E-state index in [1.54, 1.807) is 18.2 Å². The lowest BCUT2D eigenvalue weighted by molar-refractivity contribution is -0.129. The van der Waals surface area contributed by atoms with Crippen LogP contribution in [-0.2, 0) is 25.4 Å². The molecule has 0 saturated carbocycles. The number of anilines is 1. The number of aromatic nitrogens is 2. The van der Waals surface area contributed by atoms with Gasteiger partial charge in [-0.15, -0.1) is 0 Å². The van der Waals surface area contributed by atoms with Gasteiger partial charge in [0.05, 0.1) is 34.6 Å². The number of benzene rings is 2. The summed E-state index contributed by atoms with van der Waals surface area (Å²) in [5, 5.41) is 7.71. The number of amides is 1. The number of carbonyl (C=O) groups excluding carboxylic acids is 3. The van der Waals surface area contributed by atoms with Crippen molar-refractivity contribution in [1.82, 2.24) is 9.78 Å². The molecule has 11 heteroatoms. The number of hydrogen-bond donors (Lipinski definition) is 1. The van der Waals surface area contributed by atoms with E-state index in [0.717, 1.165) is 19.3 Å². The van der Waals surface area contributed by atoms with Crippen LogP contribution in [0.2, 0.25) is 5.02 Å². The van der Waals surface area contributed by atoms with E-state index >= 15 is 0 Å². The second-order valence-corrected chi connectivity index (χ2v) is 11.7. The van der Waals surface area contributed by atoms with Crippen molar-refractivity contribution < 1.29 is 27.5 Å². The molecule has 0 aliphatic carbocycles. The van der Waals surface area contributed by atoms with Crippen LogP contribution >= 0.6 is 11.6 Å². The van der Waals surface area contributed by atoms with Crippen LogP contribution in [0.1, 0.15) is 94.5 Å². The van der Waals surface area contributed by atoms with Crippen molar-refractivity contribution >= 4 is 56.9 Å². The number of hydrogen-bond acceptors (Lipinski definition) is 7. The van der Waals surface area contributed by atoms with E-state index in [2.05, 4.69) is 17.3 Å². The molecule has 9 nitrogen and oxygen atoms in total. The van der Waals surface area contributed by atoms with E-state index in [9.17, 15) is 18.6 Å². The van der Waals surface area contributed by atoms with Crippen molar-refractivity contribution in [1.29, 1.82) is 0 Å². The molecule has 0 bridgehead atoms. The molecule has 3 aromatic rings. The molecule has 0 fully saturated rings. The van der Waals surface area contributed by atoms with Crippen LogP contribution in [-0.4, -0.2) is 44.5 Å². The Hall–Kier alpha value is -3.24. The average molecular weight is 618 g/mol. The zero-order valence-electron chi connectivity index (χ0n) is 24.5. The first-order valence-corrected chi connectivity index (χ1v) is 16.3. The maximum atomic E-state index is 13.3. The van der Waals surface area contributed by atoms with Crippen molar-refractivity contribution in [3.05, 3.63) is 53.2 Å². The average Bonchev–Trinajstić information content (AvgIpc) is 3.34. The van der Waals surface area contributed by atoms with Gasteiger partial charge in [-0.05, 0) is 49.7 Å². The molecule has 42 heavy (non-hydrogen) atoms. The minimum Gasteiger partial charge on any atom is -0.462 e. The van der Waals surface area contributed by atoms with E-state index in [0.29, 0.717) is 23.3 Å². The van der Waals surface area contributed by atoms with E-state index < -0.39 is 34.8 Å². The van der Waals surface area contributed by atoms with Crippen LogP contribution < -0.4 is 9.50 Å². The minimum atomic E-state index is -1.50. The van der Waals surface area contributed by atoms with E-state index in [1.807, 2.05) is 0 Å². The standard InChI is InChI=1S/C31H40ClN3O6S/c1-4-5-6-7-8-9-10-11-12-13-18-40-31(38)23-14-16-26(32)27(20-23)34-30(37)29(22(2)36)35-28-17-15-25(41-42(3)39)19-24(28)21-33-35/h14-17,19-21,29H,4-13,18H2,1-3H3,(H,34,37). The zero-order valence-corrected chi connectivity index (χ0v) is 26.1. The quantitative estimate of drug-likeness (QED) is 0.0910. The number of ketones is 1. The highest BCUT2D eigenvalue weighted by atomic mass is 35.5. The third-order valence-corrected chi connectivity index (χ3v) is 7.61. The Kier molecular flexibility index (Phi) is 13.5. The van der Waals surface area contributed by atoms with Gasteiger partial charge >= 0.3 is 5.97 Å². The number of carbonyl (C=O) groups is 3. The van der Waals surface area contributed by atoms with Gasteiger partial charge < -0.3 is 14.2 Å². The maximum absolute atomic E-state index is 13.3. The maximum Gasteiger partial charge on any atom is 0.338 e. The molecule has 3 rings (SSSR count). The molecule has 1 amide bonds. The summed E-state index contributed by atoms with van der Waals surface area (Å²) in [6.07, 6.45) is 14.8. The molecule has 1 aromatic heterocycles. The fourth-order valence-electron chi connectivity index (χ4n) is 4.68. The Labute approximate surface area is 254 Å². The highest BCUT2D eigenvalue weighted by Crippen LogP contribution is 2.27. The van der Waals surface area contributed by atoms with Crippen LogP contribution in [0.3, 0.4) is 0 Å². The van der Waals surface area contributed by atoms with Crippen molar-refractivity contribution in [2.45, 2.75) is 84.1 Å². The highest BCUT2D eigenvalue weighted by molar-refractivity contribution is 7.79. The lowest BCUT2D eigenvalue weighted by Crippen LogP contribution is -2.32. The Morgan fingerprint density at radius 3 is 2.29 bits per heavy atom. The smallest absolute Gasteiger partial charge is 0.338 e. The fraction of sp³-hybridized carbons (Fsp3) is 0.484. The zero-order chi connectivity index (χ0) is 30.5. The molecule has 1 N–H and O–H groups in total. The summed E-state index contributed by atoms with van der Waals surface area (Å²) in [5.74, 6) is -1.25. The predicted molar refractivity (Wildman–Crippen MR) is 166 cm³/mol. The molecule has 0 radical (unpaired) electrons. The lowest BCUT2D eigenvalue weighted by atomic mass is 10.1. The van der Waals surface area contributed by atoms with Crippen LogP contribution in [0.15, 0.2) is 42.6 Å². The number of nitrogens with one attached hydrogen (secondary N) is 1. The van der Waals surface area contributed by atoms with Crippen LogP contribution in [0.25, 0.3) is 10.9 Å². The molecular formula is C31H40ClN3O6S. The third-order valence-electron chi connectivity index (χ3n) is 6.85. The summed E-state index contributed by atoms with van der Waals surface area (Å²) in [7, 11) is 0. The summed E-state index contributed by atoms with van der Waals surface area (Å²) < 4.78 is 23.3. The van der Waals surface area contributed by atoms with Crippen molar-refractivity contribution in [2.75, 3.05) is 18.2 Å². The van der Waals surface area contributed by atoms with Gasteiger partial charge in [0, 0.05) is 11.6 Å². The van der Waals surface area contributed by atoms with Crippen molar-refractivity contribution in [2.24, 2.45) is 0 Å². The topological polar surface area (TPSA) is 117 Å². The Morgan fingerprint density at radius 2 is 1.64 bits per heavy atom. The van der Waals surface area contributed by atoms with Gasteiger partial charge in [-0.25, -0.2) is 13.7 Å². The molecule has 0 aliphatic rings. The fourth-order valence-corrected chi connectivity index (χ4v) is 5.22. The first-order chi connectivity index (χ1) is 20.2. The number of Topliss-reactive ketones (excluding diaryl/α,β-unsaturated/α-hetero) is 1. The number of nitrogens with zero attached hydrogens (tertiary/aromatic N) is 2. The molecule has 1 heterocycles. The number of rotatable bonds is 18. The Bertz CT molecular complexity index is 1390. The normalized spacial score (nSPS) is 12.6. The van der Waals surface area contributed by atoms with Gasteiger partial charge in [0.15, 0.2) is 11.8 Å². The van der Waals surface area contributed by atoms with Gasteiger partial charge in [0.1, 0.15) is 5.75 Å². The Morgan fingerprint density at radius 1 is 0.976 bits per heavy atom. The summed E-state index contributed by atoms with van der Waals surface area (Å²) in [4.78, 5) is 38.5. The number of esters is 1. The first kappa shape index (κ1) is 33.3. The summed E-state index contributed by atoms with van der Waals surface area (Å²) in [6, 6.07) is 8.01. The predicted octanol–water partition coefficient (Wildman–Crippen LogP) is 7.21. The van der Waals surface area contributed by atoms with Crippen LogP contribution in [0.5, 0.6) is 5.75 Å². The van der Waals surface area contributed by atoms with Gasteiger partial charge in [0.25, 0.3) is 5.91 Å². The number of ether oxygens (including phenoxy) is 1. The van der Waals surface area contributed by atoms with Gasteiger partial charge in [-0.2, -0.15) is 5.10 Å². The van der Waals surface area contributed by atoms with Gasteiger partial charge in [-0.3, -0.25) is 9.59 Å². The summed E-state index contributed by atoms with van der Waals surface area (Å²) >= 11 is 4.81. The van der Waals surface area contributed by atoms with Crippen LogP contribution in [0, 0.1) is 0 Å². The first-order valence-electron chi connectivity index (χ1n) is 14.5. The number of unbranched alkanes of at least 4 members (excludes halogenated alkanes) is 9. The van der Waals surface area contributed by atoms with Gasteiger partial charge in [0.2, 0.25) is 11.1 Å². The second kappa shape index (κ2) is 17.0. The minimum absolute atomic E-state index is 0.180. The highest BCUT2D eigenvalue weighted by Gasteiger charge is 2.28. The van der Waals surface area contributed by atoms with Crippen molar-refractivity contribution in [3.63, 3.8) is 0 Å². The molecule has 2 atom stereocenters. The lowest BCUT2D eigenvalue weighted by Gasteiger charge is -2.17. The monoisotopic (exact) mass is 617 g/mol. The van der Waals surface area contributed by atoms with E-state index in [1.165, 1.54) is 87.2 Å². The van der Waals surface area contributed by atoms with Gasteiger partial charge in [-0.1, -0.05) is 76.3 Å².